The lowest BCUT2D eigenvalue weighted by Crippen LogP contribution is -2.39. The minimum Gasteiger partial charge on any atom is -0.382 e. The van der Waals surface area contributed by atoms with E-state index < -0.39 is 0 Å². The molecule has 0 unspecified atom stereocenters. The van der Waals surface area contributed by atoms with Gasteiger partial charge in [-0.05, 0) is 37.6 Å². The predicted octanol–water partition coefficient (Wildman–Crippen LogP) is 3.14. The summed E-state index contributed by atoms with van der Waals surface area (Å²) in [6, 6.07) is 7.59. The normalized spacial score (nSPS) is 14.4. The third-order valence-corrected chi connectivity index (χ3v) is 8.23. The van der Waals surface area contributed by atoms with Gasteiger partial charge in [-0.2, -0.15) is 5.10 Å². The van der Waals surface area contributed by atoms with Crippen LogP contribution in [0.15, 0.2) is 41.5 Å². The number of ether oxygens (including phenoxy) is 2. The fraction of sp³-hybridized carbons (Fsp3) is 0.407. The summed E-state index contributed by atoms with van der Waals surface area (Å²) in [6.07, 6.45) is 4.28. The number of aromatic nitrogens is 6. The number of imidazole rings is 2. The molecule has 1 aromatic carbocycles. The number of amides is 1. The molecule has 6 rings (SSSR count). The first-order valence-corrected chi connectivity index (χ1v) is 14.3. The number of fused-ring (bicyclic) bond motifs is 2. The van der Waals surface area contributed by atoms with Gasteiger partial charge in [0.25, 0.3) is 5.91 Å². The molecule has 0 radical (unpaired) electrons. The van der Waals surface area contributed by atoms with Crippen LogP contribution in [0.25, 0.3) is 32.5 Å². The average Bonchev–Trinajstić information content (AvgIpc) is 3.76. The third kappa shape index (κ3) is 5.45. The number of thiophene rings is 1. The lowest BCUT2D eigenvalue weighted by atomic mass is 10.2. The van der Waals surface area contributed by atoms with E-state index in [2.05, 4.69) is 25.4 Å². The van der Waals surface area contributed by atoms with Crippen LogP contribution in [0, 0.1) is 0 Å². The van der Waals surface area contributed by atoms with E-state index in [1.54, 1.807) is 23.0 Å². The number of nitrogens with one attached hydrogen (secondary N) is 3. The van der Waals surface area contributed by atoms with Crippen LogP contribution in [0.3, 0.4) is 0 Å². The molecule has 0 bridgehead atoms. The number of hydrogen-bond donors (Lipinski definition) is 3. The van der Waals surface area contributed by atoms with Crippen molar-refractivity contribution in [1.29, 1.82) is 0 Å². The molecule has 1 fully saturated rings. The molecule has 0 atom stereocenters. The zero-order chi connectivity index (χ0) is 27.5. The first kappa shape index (κ1) is 26.4. The van der Waals surface area contributed by atoms with Gasteiger partial charge >= 0.3 is 5.69 Å². The zero-order valence-corrected chi connectivity index (χ0v) is 23.1. The summed E-state index contributed by atoms with van der Waals surface area (Å²) in [5.41, 5.74) is 3.88. The molecular weight excluding hydrogens is 532 g/mol. The van der Waals surface area contributed by atoms with Crippen molar-refractivity contribution < 1.29 is 14.3 Å². The van der Waals surface area contributed by atoms with Crippen molar-refractivity contribution in [1.82, 2.24) is 34.2 Å². The highest BCUT2D eigenvalue weighted by Gasteiger charge is 2.19. The Hall–Kier alpha value is -3.78. The van der Waals surface area contributed by atoms with Gasteiger partial charge in [-0.25, -0.2) is 9.78 Å². The number of H-pyrrole nitrogens is 2. The van der Waals surface area contributed by atoms with Crippen LogP contribution < -0.4 is 11.0 Å². The smallest absolute Gasteiger partial charge is 0.326 e. The van der Waals surface area contributed by atoms with Crippen molar-refractivity contribution in [2.45, 2.75) is 26.4 Å². The number of aromatic amines is 2. The number of carbonyl (C=O) groups is 1. The second-order valence-corrected chi connectivity index (χ2v) is 10.7. The van der Waals surface area contributed by atoms with Gasteiger partial charge in [0.15, 0.2) is 0 Å². The SMILES string of the molecule is CCOCCCn1c(NC(=O)c2ccc(-c3cn[nH]c3)s2)nc2cc3[nH]c(=O)n(CCN4CCOCC4)c3cc21. The van der Waals surface area contributed by atoms with Crippen LogP contribution in [0.1, 0.15) is 23.0 Å². The number of hydrogen-bond acceptors (Lipinski definition) is 8. The molecule has 210 valence electrons. The van der Waals surface area contributed by atoms with E-state index in [9.17, 15) is 9.59 Å². The largest absolute Gasteiger partial charge is 0.382 e. The number of benzene rings is 1. The molecular formula is C27H32N8O4S. The van der Waals surface area contributed by atoms with Crippen LogP contribution in [-0.4, -0.2) is 86.2 Å². The molecule has 40 heavy (non-hydrogen) atoms. The predicted molar refractivity (Wildman–Crippen MR) is 154 cm³/mol. The molecule has 0 saturated carbocycles. The molecule has 13 heteroatoms. The maximum absolute atomic E-state index is 13.3. The van der Waals surface area contributed by atoms with Crippen LogP contribution in [-0.2, 0) is 22.6 Å². The molecule has 0 aliphatic carbocycles. The Balaban J connectivity index is 1.31. The second-order valence-electron chi connectivity index (χ2n) is 9.64. The first-order valence-electron chi connectivity index (χ1n) is 13.5. The lowest BCUT2D eigenvalue weighted by molar-refractivity contribution is 0.0364. The van der Waals surface area contributed by atoms with Gasteiger partial charge in [-0.15, -0.1) is 11.3 Å². The summed E-state index contributed by atoms with van der Waals surface area (Å²) < 4.78 is 14.8. The molecule has 5 heterocycles. The summed E-state index contributed by atoms with van der Waals surface area (Å²) in [4.78, 5) is 37.7. The Kier molecular flexibility index (Phi) is 7.77. The molecule has 12 nitrogen and oxygen atoms in total. The van der Waals surface area contributed by atoms with E-state index in [1.165, 1.54) is 11.3 Å². The van der Waals surface area contributed by atoms with Crippen molar-refractivity contribution in [3.05, 3.63) is 52.0 Å². The summed E-state index contributed by atoms with van der Waals surface area (Å²) in [7, 11) is 0. The topological polar surface area (TPSA) is 135 Å². The van der Waals surface area contributed by atoms with Crippen LogP contribution in [0.2, 0.25) is 0 Å². The molecule has 0 spiro atoms. The summed E-state index contributed by atoms with van der Waals surface area (Å²) in [5.74, 6) is 0.235. The Bertz CT molecular complexity index is 1660. The monoisotopic (exact) mass is 564 g/mol. The zero-order valence-electron chi connectivity index (χ0n) is 22.3. The average molecular weight is 565 g/mol. The van der Waals surface area contributed by atoms with E-state index in [0.29, 0.717) is 42.6 Å². The number of carbonyl (C=O) groups excluding carboxylic acids is 1. The molecule has 1 saturated heterocycles. The van der Waals surface area contributed by atoms with Crippen molar-refractivity contribution in [2.24, 2.45) is 0 Å². The van der Waals surface area contributed by atoms with E-state index in [1.807, 2.05) is 29.7 Å². The quantitative estimate of drug-likeness (QED) is 0.210. The number of nitrogens with zero attached hydrogens (tertiary/aromatic N) is 5. The first-order chi connectivity index (χ1) is 19.6. The summed E-state index contributed by atoms with van der Waals surface area (Å²) in [5, 5.41) is 9.81. The maximum atomic E-state index is 13.3. The molecule has 5 aromatic rings. The molecule has 4 aromatic heterocycles. The molecule has 1 amide bonds. The van der Waals surface area contributed by atoms with Crippen LogP contribution in [0.4, 0.5) is 5.95 Å². The van der Waals surface area contributed by atoms with Crippen LogP contribution in [0.5, 0.6) is 0 Å². The summed E-state index contributed by atoms with van der Waals surface area (Å²) in [6.45, 7) is 8.32. The van der Waals surface area contributed by atoms with Gasteiger partial charge in [-0.1, -0.05) is 0 Å². The minimum atomic E-state index is -0.228. The van der Waals surface area contributed by atoms with Gasteiger partial charge in [-0.3, -0.25) is 24.7 Å². The molecule has 1 aliphatic rings. The van der Waals surface area contributed by atoms with Gasteiger partial charge in [0.05, 0.1) is 46.4 Å². The molecule has 1 aliphatic heterocycles. The second kappa shape index (κ2) is 11.8. The number of morpholine rings is 1. The highest BCUT2D eigenvalue weighted by Crippen LogP contribution is 2.29. The van der Waals surface area contributed by atoms with E-state index >= 15 is 0 Å². The Morgan fingerprint density at radius 3 is 2.83 bits per heavy atom. The number of rotatable bonds is 11. The third-order valence-electron chi connectivity index (χ3n) is 7.10. The Morgan fingerprint density at radius 1 is 1.15 bits per heavy atom. The van der Waals surface area contributed by atoms with Crippen molar-refractivity contribution in [2.75, 3.05) is 51.4 Å². The van der Waals surface area contributed by atoms with Crippen molar-refractivity contribution in [3.8, 4) is 10.4 Å². The number of anilines is 1. The van der Waals surface area contributed by atoms with Gasteiger partial charge < -0.3 is 19.0 Å². The molecule has 3 N–H and O–H groups in total. The number of aryl methyl sites for hydroxylation is 1. The Morgan fingerprint density at radius 2 is 2.02 bits per heavy atom. The van der Waals surface area contributed by atoms with Gasteiger partial charge in [0, 0.05) is 62.6 Å². The Labute approximate surface area is 233 Å². The van der Waals surface area contributed by atoms with Crippen molar-refractivity contribution in [3.63, 3.8) is 0 Å². The van der Waals surface area contributed by atoms with Crippen molar-refractivity contribution >= 4 is 45.3 Å². The van der Waals surface area contributed by atoms with Gasteiger partial charge in [0.1, 0.15) is 0 Å². The highest BCUT2D eigenvalue weighted by molar-refractivity contribution is 7.17. The minimum absolute atomic E-state index is 0.140. The van der Waals surface area contributed by atoms with Crippen LogP contribution >= 0.6 is 11.3 Å². The van der Waals surface area contributed by atoms with E-state index in [0.717, 1.165) is 66.3 Å². The van der Waals surface area contributed by atoms with E-state index in [4.69, 9.17) is 14.5 Å². The van der Waals surface area contributed by atoms with E-state index in [-0.39, 0.29) is 11.6 Å². The standard InChI is InChI=1S/C27H32N8O4S/c1-2-38-11-3-6-34-21-15-22-20(31-27(37)35(22)8-7-33-9-12-39-13-10-33)14-19(21)30-26(34)32-25(36)24-5-4-23(40-24)18-16-28-29-17-18/h4-5,14-17H,2-3,6-13H2,1H3,(H,28,29)(H,31,37)(H,30,32,36). The fourth-order valence-electron chi connectivity index (χ4n) is 5.02. The highest BCUT2D eigenvalue weighted by atomic mass is 32.1. The van der Waals surface area contributed by atoms with Gasteiger partial charge in [0.2, 0.25) is 5.95 Å². The maximum Gasteiger partial charge on any atom is 0.326 e. The fourth-order valence-corrected chi connectivity index (χ4v) is 5.90. The summed E-state index contributed by atoms with van der Waals surface area (Å²) >= 11 is 1.40. The lowest BCUT2D eigenvalue weighted by Gasteiger charge is -2.26.